The molecule has 0 amide bonds. The zero-order valence-corrected chi connectivity index (χ0v) is 11.3. The molecule has 0 aromatic heterocycles. The third-order valence-electron chi connectivity index (χ3n) is 2.66. The average molecular weight is 272 g/mol. The number of nitrogens with two attached hydrogens (primary N) is 1. The van der Waals surface area contributed by atoms with E-state index >= 15 is 0 Å². The minimum atomic E-state index is -0.979. The molecule has 0 fully saturated rings. The van der Waals surface area contributed by atoms with E-state index in [9.17, 15) is 4.79 Å². The molecule has 5 heteroatoms. The molecule has 3 N–H and O–H groups in total. The summed E-state index contributed by atoms with van der Waals surface area (Å²) in [7, 11) is 0. The minimum Gasteiger partial charge on any atom is -0.494 e. The van der Waals surface area contributed by atoms with E-state index in [4.69, 9.17) is 27.2 Å². The predicted octanol–water partition coefficient (Wildman–Crippen LogP) is 2.53. The van der Waals surface area contributed by atoms with Crippen molar-refractivity contribution in [2.45, 2.75) is 32.7 Å². The number of hydrogen-bond donors (Lipinski definition) is 2. The molecule has 100 valence electrons. The van der Waals surface area contributed by atoms with Gasteiger partial charge in [0.05, 0.1) is 6.61 Å². The van der Waals surface area contributed by atoms with Gasteiger partial charge in [-0.2, -0.15) is 0 Å². The van der Waals surface area contributed by atoms with Crippen molar-refractivity contribution in [3.63, 3.8) is 0 Å². The lowest BCUT2D eigenvalue weighted by Crippen LogP contribution is -2.30. The Hall–Kier alpha value is -1.26. The van der Waals surface area contributed by atoms with Gasteiger partial charge in [-0.3, -0.25) is 4.79 Å². The maximum atomic E-state index is 10.5. The number of halogens is 1. The molecule has 18 heavy (non-hydrogen) atoms. The molecule has 0 aliphatic carbocycles. The van der Waals surface area contributed by atoms with E-state index in [1.165, 1.54) is 0 Å². The fraction of sp³-hybridized carbons (Fsp3) is 0.462. The van der Waals surface area contributed by atoms with Crippen molar-refractivity contribution in [3.8, 4) is 5.75 Å². The number of carbonyl (C=O) groups is 1. The van der Waals surface area contributed by atoms with Gasteiger partial charge < -0.3 is 15.6 Å². The van der Waals surface area contributed by atoms with Gasteiger partial charge in [0.15, 0.2) is 0 Å². The summed E-state index contributed by atoms with van der Waals surface area (Å²) in [6.45, 7) is 4.28. The lowest BCUT2D eigenvalue weighted by molar-refractivity contribution is -0.138. The van der Waals surface area contributed by atoms with Crippen LogP contribution in [0.3, 0.4) is 0 Å². The van der Waals surface area contributed by atoms with E-state index in [1.54, 1.807) is 0 Å². The highest BCUT2D eigenvalue weighted by Gasteiger charge is 2.10. The molecule has 0 saturated heterocycles. The van der Waals surface area contributed by atoms with Gasteiger partial charge >= 0.3 is 5.97 Å². The molecule has 1 unspecified atom stereocenters. The number of rotatable bonds is 6. The van der Waals surface area contributed by atoms with Crippen LogP contribution in [0.2, 0.25) is 5.02 Å². The fourth-order valence-electron chi connectivity index (χ4n) is 1.61. The van der Waals surface area contributed by atoms with Crippen LogP contribution in [0.15, 0.2) is 12.1 Å². The number of benzene rings is 1. The number of aliphatic carboxylic acids is 1. The van der Waals surface area contributed by atoms with Crippen LogP contribution >= 0.6 is 11.6 Å². The highest BCUT2D eigenvalue weighted by molar-refractivity contribution is 6.32. The highest BCUT2D eigenvalue weighted by Crippen LogP contribution is 2.25. The Morgan fingerprint density at radius 1 is 1.44 bits per heavy atom. The Kier molecular flexibility index (Phi) is 5.44. The van der Waals surface area contributed by atoms with Crippen molar-refractivity contribution in [2.75, 3.05) is 6.61 Å². The van der Waals surface area contributed by atoms with Crippen molar-refractivity contribution in [1.29, 1.82) is 0 Å². The number of ether oxygens (including phenoxy) is 1. The van der Waals surface area contributed by atoms with Gasteiger partial charge in [0.1, 0.15) is 11.8 Å². The van der Waals surface area contributed by atoms with E-state index in [0.717, 1.165) is 21.9 Å². The summed E-state index contributed by atoms with van der Waals surface area (Å²) in [6.07, 6.45) is 1.01. The number of hydrogen-bond acceptors (Lipinski definition) is 3. The van der Waals surface area contributed by atoms with Gasteiger partial charge in [0.2, 0.25) is 0 Å². The summed E-state index contributed by atoms with van der Waals surface area (Å²) in [6, 6.07) is 2.92. The number of aryl methyl sites for hydroxylation is 2. The van der Waals surface area contributed by atoms with Gasteiger partial charge in [0, 0.05) is 5.02 Å². The van der Waals surface area contributed by atoms with Gasteiger partial charge in [-0.15, -0.1) is 0 Å². The first kappa shape index (κ1) is 14.8. The van der Waals surface area contributed by atoms with Crippen molar-refractivity contribution >= 4 is 17.6 Å². The summed E-state index contributed by atoms with van der Waals surface area (Å²) in [4.78, 5) is 10.5. The predicted molar refractivity (Wildman–Crippen MR) is 71.3 cm³/mol. The van der Waals surface area contributed by atoms with E-state index in [1.807, 2.05) is 26.0 Å². The molecular weight excluding hydrogens is 254 g/mol. The lowest BCUT2D eigenvalue weighted by atomic mass is 10.1. The van der Waals surface area contributed by atoms with Crippen LogP contribution in [-0.4, -0.2) is 23.7 Å². The Balaban J connectivity index is 2.43. The van der Waals surface area contributed by atoms with Crippen LogP contribution in [0.1, 0.15) is 24.0 Å². The quantitative estimate of drug-likeness (QED) is 0.780. The smallest absolute Gasteiger partial charge is 0.320 e. The lowest BCUT2D eigenvalue weighted by Gasteiger charge is -2.10. The van der Waals surface area contributed by atoms with Gasteiger partial charge in [-0.1, -0.05) is 11.6 Å². The van der Waals surface area contributed by atoms with Crippen molar-refractivity contribution in [1.82, 2.24) is 0 Å². The SMILES string of the molecule is Cc1cc(OCCCC(N)C(=O)O)cc(C)c1Cl. The summed E-state index contributed by atoms with van der Waals surface area (Å²) in [5, 5.41) is 9.37. The molecule has 0 radical (unpaired) electrons. The molecule has 1 rings (SSSR count). The second-order valence-corrected chi connectivity index (χ2v) is 4.68. The number of carboxylic acid groups (broad SMARTS) is 1. The zero-order valence-electron chi connectivity index (χ0n) is 10.6. The molecule has 1 aromatic carbocycles. The monoisotopic (exact) mass is 271 g/mol. The normalized spacial score (nSPS) is 12.2. The van der Waals surface area contributed by atoms with Crippen LogP contribution in [0.4, 0.5) is 0 Å². The molecule has 1 atom stereocenters. The fourth-order valence-corrected chi connectivity index (χ4v) is 1.72. The van der Waals surface area contributed by atoms with Crippen LogP contribution in [0.25, 0.3) is 0 Å². The zero-order chi connectivity index (χ0) is 13.7. The van der Waals surface area contributed by atoms with Crippen LogP contribution in [-0.2, 0) is 4.79 Å². The Labute approximate surface area is 112 Å². The second kappa shape index (κ2) is 6.61. The molecule has 0 aliphatic rings. The van der Waals surface area contributed by atoms with E-state index in [-0.39, 0.29) is 0 Å². The van der Waals surface area contributed by atoms with Crippen molar-refractivity contribution in [3.05, 3.63) is 28.3 Å². The van der Waals surface area contributed by atoms with Crippen LogP contribution in [0, 0.1) is 13.8 Å². The molecule has 0 aliphatic heterocycles. The van der Waals surface area contributed by atoms with Gasteiger partial charge in [-0.05, 0) is 49.9 Å². The molecule has 4 nitrogen and oxygen atoms in total. The first-order chi connectivity index (χ1) is 8.41. The van der Waals surface area contributed by atoms with E-state index < -0.39 is 12.0 Å². The Morgan fingerprint density at radius 2 is 2.00 bits per heavy atom. The largest absolute Gasteiger partial charge is 0.494 e. The highest BCUT2D eigenvalue weighted by atomic mass is 35.5. The van der Waals surface area contributed by atoms with Crippen molar-refractivity contribution in [2.24, 2.45) is 5.73 Å². The first-order valence-corrected chi connectivity index (χ1v) is 6.17. The Bertz CT molecular complexity index is 411. The maximum Gasteiger partial charge on any atom is 0.320 e. The molecular formula is C13H18ClNO3. The Morgan fingerprint density at radius 3 is 2.50 bits per heavy atom. The third kappa shape index (κ3) is 4.20. The van der Waals surface area contributed by atoms with Crippen LogP contribution in [0.5, 0.6) is 5.75 Å². The molecule has 0 spiro atoms. The van der Waals surface area contributed by atoms with Crippen molar-refractivity contribution < 1.29 is 14.6 Å². The summed E-state index contributed by atoms with van der Waals surface area (Å²) in [5.41, 5.74) is 7.32. The van der Waals surface area contributed by atoms with E-state index in [0.29, 0.717) is 19.4 Å². The summed E-state index contributed by atoms with van der Waals surface area (Å²) >= 11 is 6.05. The first-order valence-electron chi connectivity index (χ1n) is 5.79. The van der Waals surface area contributed by atoms with Gasteiger partial charge in [-0.25, -0.2) is 0 Å². The number of carboxylic acids is 1. The molecule has 1 aromatic rings. The summed E-state index contributed by atoms with van der Waals surface area (Å²) < 4.78 is 5.55. The third-order valence-corrected chi connectivity index (χ3v) is 3.25. The van der Waals surface area contributed by atoms with Gasteiger partial charge in [0.25, 0.3) is 0 Å². The van der Waals surface area contributed by atoms with E-state index in [2.05, 4.69) is 0 Å². The second-order valence-electron chi connectivity index (χ2n) is 4.31. The summed E-state index contributed by atoms with van der Waals surface area (Å²) in [5.74, 6) is -0.230. The topological polar surface area (TPSA) is 72.5 Å². The molecule has 0 heterocycles. The standard InChI is InChI=1S/C13H18ClNO3/c1-8-6-10(7-9(2)12(8)14)18-5-3-4-11(15)13(16)17/h6-7,11H,3-5,15H2,1-2H3,(H,16,17). The average Bonchev–Trinajstić information content (AvgIpc) is 2.31. The minimum absolute atomic E-state index is 0.404. The maximum absolute atomic E-state index is 10.5. The molecule has 0 saturated carbocycles. The van der Waals surface area contributed by atoms with Crippen LogP contribution < -0.4 is 10.5 Å². The molecule has 0 bridgehead atoms.